The van der Waals surface area contributed by atoms with Gasteiger partial charge in [-0.25, -0.2) is 0 Å². The van der Waals surface area contributed by atoms with E-state index < -0.39 is 5.97 Å². The lowest BCUT2D eigenvalue weighted by Crippen LogP contribution is -2.48. The Kier molecular flexibility index (Phi) is 10.8. The maximum Gasteiger partial charge on any atom is 0.303 e. The summed E-state index contributed by atoms with van der Waals surface area (Å²) < 4.78 is 2.18. The number of aliphatic carboxylic acids is 1. The maximum absolute atomic E-state index is 13.6. The fourth-order valence-electron chi connectivity index (χ4n) is 5.37. The second-order valence-electron chi connectivity index (χ2n) is 10.5. The molecule has 0 radical (unpaired) electrons. The highest BCUT2D eigenvalue weighted by Gasteiger charge is 2.33. The van der Waals surface area contributed by atoms with Gasteiger partial charge < -0.3 is 14.9 Å². The molecule has 1 amide bonds. The number of amides is 1. The molecule has 11 heteroatoms. The Labute approximate surface area is 256 Å². The number of aromatic nitrogens is 1. The lowest BCUT2D eigenvalue weighted by atomic mass is 10.0. The molecule has 0 spiro atoms. The van der Waals surface area contributed by atoms with Crippen molar-refractivity contribution >= 4 is 57.8 Å². The van der Waals surface area contributed by atoms with Crippen LogP contribution >= 0.6 is 24.0 Å². The quantitative estimate of drug-likeness (QED) is 0.202. The fourth-order valence-corrected chi connectivity index (χ4v) is 6.66. The van der Waals surface area contributed by atoms with Crippen molar-refractivity contribution in [3.05, 3.63) is 62.3 Å². The maximum atomic E-state index is 13.6. The van der Waals surface area contributed by atoms with E-state index in [1.54, 1.807) is 22.5 Å². The van der Waals surface area contributed by atoms with Gasteiger partial charge in [-0.3, -0.25) is 23.9 Å². The molecule has 0 atom stereocenters. The topological polar surface area (TPSA) is 110 Å². The van der Waals surface area contributed by atoms with Gasteiger partial charge in [0.1, 0.15) is 21.8 Å². The number of nitriles is 1. The van der Waals surface area contributed by atoms with Crippen LogP contribution in [0.4, 0.5) is 11.5 Å². The van der Waals surface area contributed by atoms with Gasteiger partial charge in [-0.1, -0.05) is 61.9 Å². The van der Waals surface area contributed by atoms with E-state index in [1.807, 2.05) is 18.2 Å². The number of nitrogens with zero attached hydrogens (tertiary/aromatic N) is 5. The van der Waals surface area contributed by atoms with Crippen molar-refractivity contribution < 1.29 is 14.7 Å². The van der Waals surface area contributed by atoms with Crippen LogP contribution in [0.2, 0.25) is 0 Å². The number of carbonyl (C=O) groups is 2. The largest absolute Gasteiger partial charge is 0.481 e. The number of hydrogen-bond acceptors (Lipinski definition) is 8. The van der Waals surface area contributed by atoms with Crippen LogP contribution in [0.1, 0.15) is 62.1 Å². The van der Waals surface area contributed by atoms with Gasteiger partial charge >= 0.3 is 5.97 Å². The molecule has 2 saturated heterocycles. The standard InChI is InChI=1S/C31H37N5O4S2/c1-3-4-14-35-28(34-18-16-33(17-19-34)23-11-7-5-8-12-23)24(22(2)25(21-32)29(35)39)20-26-30(40)36(31(41)42-26)15-10-6-9-13-27(37)38/h5,7-8,11-12,20H,3-4,6,9-10,13-19H2,1-2H3,(H,37,38). The monoisotopic (exact) mass is 607 g/mol. The molecule has 1 N–H and O–H groups in total. The zero-order valence-electron chi connectivity index (χ0n) is 24.2. The minimum atomic E-state index is -0.826. The van der Waals surface area contributed by atoms with Crippen LogP contribution in [0.15, 0.2) is 40.0 Å². The van der Waals surface area contributed by atoms with E-state index in [4.69, 9.17) is 17.3 Å². The van der Waals surface area contributed by atoms with E-state index in [-0.39, 0.29) is 23.5 Å². The molecule has 42 heavy (non-hydrogen) atoms. The van der Waals surface area contributed by atoms with Crippen molar-refractivity contribution in [2.45, 2.75) is 58.9 Å². The molecular weight excluding hydrogens is 571 g/mol. The number of carbonyl (C=O) groups excluding carboxylic acids is 1. The predicted octanol–water partition coefficient (Wildman–Crippen LogP) is 5.00. The summed E-state index contributed by atoms with van der Waals surface area (Å²) in [7, 11) is 0. The summed E-state index contributed by atoms with van der Waals surface area (Å²) in [6, 6.07) is 12.4. The van der Waals surface area contributed by atoms with Crippen molar-refractivity contribution in [1.82, 2.24) is 9.47 Å². The first kappa shape index (κ1) is 31.3. The number of para-hydroxylation sites is 1. The Morgan fingerprint density at radius 3 is 2.38 bits per heavy atom. The molecule has 0 aliphatic carbocycles. The highest BCUT2D eigenvalue weighted by atomic mass is 32.2. The number of pyridine rings is 1. The number of carboxylic acid groups (broad SMARTS) is 1. The minimum absolute atomic E-state index is 0.0953. The summed E-state index contributed by atoms with van der Waals surface area (Å²) in [5.41, 5.74) is 2.23. The third-order valence-corrected chi connectivity index (χ3v) is 9.08. The molecule has 2 aromatic rings. The summed E-state index contributed by atoms with van der Waals surface area (Å²) in [4.78, 5) is 44.4. The lowest BCUT2D eigenvalue weighted by Gasteiger charge is -2.39. The number of thiocarbonyl (C=S) groups is 1. The van der Waals surface area contributed by atoms with Crippen LogP contribution in [-0.4, -0.2) is 63.5 Å². The first-order chi connectivity index (χ1) is 20.3. The predicted molar refractivity (Wildman–Crippen MR) is 172 cm³/mol. The summed E-state index contributed by atoms with van der Waals surface area (Å²) in [5, 5.41) is 18.8. The normalized spacial score (nSPS) is 16.4. The van der Waals surface area contributed by atoms with Crippen molar-refractivity contribution in [3.8, 4) is 6.07 Å². The van der Waals surface area contributed by atoms with Gasteiger partial charge in [0, 0.05) is 56.9 Å². The van der Waals surface area contributed by atoms with Crippen LogP contribution in [0.3, 0.4) is 0 Å². The van der Waals surface area contributed by atoms with Crippen LogP contribution in [0.25, 0.3) is 6.08 Å². The number of hydrogen-bond donors (Lipinski definition) is 1. The minimum Gasteiger partial charge on any atom is -0.481 e. The average Bonchev–Trinajstić information content (AvgIpc) is 3.25. The van der Waals surface area contributed by atoms with E-state index in [9.17, 15) is 19.6 Å². The van der Waals surface area contributed by atoms with Gasteiger partial charge in [0.05, 0.1) is 4.91 Å². The van der Waals surface area contributed by atoms with E-state index in [2.05, 4.69) is 34.9 Å². The molecule has 2 aliphatic rings. The SMILES string of the molecule is CCCCn1c(N2CCN(c3ccccc3)CC2)c(C=C2SC(=S)N(CCCCCC(=O)O)C2=O)c(C)c(C#N)c1=O. The van der Waals surface area contributed by atoms with Crippen LogP contribution < -0.4 is 15.4 Å². The Bertz CT molecular complexity index is 1460. The average molecular weight is 608 g/mol. The summed E-state index contributed by atoms with van der Waals surface area (Å²) in [6.45, 7) is 7.67. The van der Waals surface area contributed by atoms with Crippen molar-refractivity contribution in [1.29, 1.82) is 5.26 Å². The number of anilines is 2. The molecule has 9 nitrogen and oxygen atoms in total. The Morgan fingerprint density at radius 2 is 1.74 bits per heavy atom. The number of unbranched alkanes of at least 4 members (excludes halogenated alkanes) is 3. The fraction of sp³-hybridized carbons (Fsp3) is 0.452. The Hall–Kier alpha value is -3.62. The Morgan fingerprint density at radius 1 is 1.05 bits per heavy atom. The van der Waals surface area contributed by atoms with Crippen molar-refractivity contribution in [2.24, 2.45) is 0 Å². The Balaban J connectivity index is 1.68. The van der Waals surface area contributed by atoms with Gasteiger partial charge in [0.2, 0.25) is 0 Å². The van der Waals surface area contributed by atoms with E-state index in [1.165, 1.54) is 11.8 Å². The first-order valence-electron chi connectivity index (χ1n) is 14.5. The third-order valence-electron chi connectivity index (χ3n) is 7.70. The molecule has 3 heterocycles. The van der Waals surface area contributed by atoms with Crippen molar-refractivity contribution in [2.75, 3.05) is 42.5 Å². The lowest BCUT2D eigenvalue weighted by molar-refractivity contribution is -0.137. The molecule has 0 bridgehead atoms. The first-order valence-corrected chi connectivity index (χ1v) is 15.7. The van der Waals surface area contributed by atoms with Gasteiger partial charge in [-0.05, 0) is 50.0 Å². The summed E-state index contributed by atoms with van der Waals surface area (Å²) >= 11 is 6.77. The highest BCUT2D eigenvalue weighted by Crippen LogP contribution is 2.36. The van der Waals surface area contributed by atoms with Crippen LogP contribution in [0.5, 0.6) is 0 Å². The smallest absolute Gasteiger partial charge is 0.303 e. The third kappa shape index (κ3) is 7.05. The number of carboxylic acids is 1. The highest BCUT2D eigenvalue weighted by molar-refractivity contribution is 8.26. The zero-order valence-corrected chi connectivity index (χ0v) is 25.8. The molecule has 1 aromatic heterocycles. The molecule has 0 unspecified atom stereocenters. The number of thioether (sulfide) groups is 1. The van der Waals surface area contributed by atoms with Gasteiger partial charge in [-0.2, -0.15) is 5.26 Å². The van der Waals surface area contributed by atoms with E-state index in [0.717, 1.165) is 37.4 Å². The van der Waals surface area contributed by atoms with Crippen LogP contribution in [-0.2, 0) is 16.1 Å². The van der Waals surface area contributed by atoms with Gasteiger partial charge in [0.15, 0.2) is 0 Å². The number of piperazine rings is 1. The van der Waals surface area contributed by atoms with Gasteiger partial charge in [0.25, 0.3) is 11.5 Å². The van der Waals surface area contributed by atoms with Crippen molar-refractivity contribution in [3.63, 3.8) is 0 Å². The molecule has 4 rings (SSSR count). The molecule has 2 aliphatic heterocycles. The van der Waals surface area contributed by atoms with E-state index in [0.29, 0.717) is 65.8 Å². The molecule has 222 valence electrons. The zero-order chi connectivity index (χ0) is 30.2. The molecule has 2 fully saturated rings. The van der Waals surface area contributed by atoms with E-state index >= 15 is 0 Å². The molecule has 1 aromatic carbocycles. The number of rotatable bonds is 12. The summed E-state index contributed by atoms with van der Waals surface area (Å²) in [5.74, 6) is -0.280. The molecule has 0 saturated carbocycles. The van der Waals surface area contributed by atoms with Crippen LogP contribution in [0, 0.1) is 18.3 Å². The second kappa shape index (κ2) is 14.5. The summed E-state index contributed by atoms with van der Waals surface area (Å²) in [6.07, 6.45) is 5.49. The van der Waals surface area contributed by atoms with Gasteiger partial charge in [-0.15, -0.1) is 0 Å². The number of benzene rings is 1. The second-order valence-corrected chi connectivity index (χ2v) is 12.2. The molecular formula is C31H37N5O4S2.